The quantitative estimate of drug-likeness (QED) is 0.864. The average molecular weight is 272 g/mol. The third-order valence-corrected chi connectivity index (χ3v) is 3.63. The lowest BCUT2D eigenvalue weighted by Gasteiger charge is -2.30. The molecule has 0 atom stereocenters. The van der Waals surface area contributed by atoms with Crippen LogP contribution in [0.3, 0.4) is 0 Å². The molecule has 2 N–H and O–H groups in total. The smallest absolute Gasteiger partial charge is 0.329 e. The van der Waals surface area contributed by atoms with Crippen LogP contribution < -0.4 is 5.32 Å². The molecule has 0 spiro atoms. The number of carboxylic acids is 1. The van der Waals surface area contributed by atoms with Crippen LogP contribution in [0.5, 0.6) is 0 Å². The van der Waals surface area contributed by atoms with E-state index in [1.165, 1.54) is 32.2 Å². The number of amides is 2. The summed E-state index contributed by atoms with van der Waals surface area (Å²) in [5, 5.41) is 20.4. The zero-order valence-corrected chi connectivity index (χ0v) is 11.5. The van der Waals surface area contributed by atoms with Gasteiger partial charge in [-0.2, -0.15) is 0 Å². The molecule has 1 heterocycles. The molecule has 0 saturated carbocycles. The Morgan fingerprint density at radius 3 is 2.50 bits per heavy atom. The van der Waals surface area contributed by atoms with Crippen LogP contribution in [0.1, 0.15) is 25.8 Å². The molecule has 0 saturated heterocycles. The summed E-state index contributed by atoms with van der Waals surface area (Å²) in [6.45, 7) is 4.84. The third kappa shape index (κ3) is 2.95. The molecule has 1 aromatic rings. The van der Waals surface area contributed by atoms with Crippen LogP contribution in [0.2, 0.25) is 0 Å². The largest absolute Gasteiger partial charge is 0.480 e. The molecule has 0 aliphatic carbocycles. The molecule has 0 fully saturated rings. The highest BCUT2D eigenvalue weighted by molar-refractivity contribution is 7.15. The number of urea groups is 1. The highest BCUT2D eigenvalue weighted by Crippen LogP contribution is 2.18. The van der Waals surface area contributed by atoms with E-state index in [1.807, 2.05) is 6.92 Å². The van der Waals surface area contributed by atoms with Gasteiger partial charge in [0.15, 0.2) is 0 Å². The van der Waals surface area contributed by atoms with Crippen LogP contribution in [0.25, 0.3) is 0 Å². The Balaban J connectivity index is 2.74. The van der Waals surface area contributed by atoms with Crippen molar-refractivity contribution >= 4 is 28.5 Å². The average Bonchev–Trinajstić information content (AvgIpc) is 2.75. The van der Waals surface area contributed by atoms with E-state index in [0.717, 1.165) is 16.3 Å². The number of rotatable bonds is 4. The van der Waals surface area contributed by atoms with E-state index in [4.69, 9.17) is 5.11 Å². The molecule has 0 bridgehead atoms. The van der Waals surface area contributed by atoms with Gasteiger partial charge in [0, 0.05) is 7.05 Å². The highest BCUT2D eigenvalue weighted by Gasteiger charge is 2.35. The van der Waals surface area contributed by atoms with Crippen molar-refractivity contribution in [1.29, 1.82) is 0 Å². The van der Waals surface area contributed by atoms with Gasteiger partial charge in [-0.25, -0.2) is 9.59 Å². The Kier molecular flexibility index (Phi) is 4.23. The summed E-state index contributed by atoms with van der Waals surface area (Å²) >= 11 is 1.27. The number of anilines is 1. The van der Waals surface area contributed by atoms with Gasteiger partial charge in [-0.3, -0.25) is 5.32 Å². The lowest BCUT2D eigenvalue weighted by Crippen LogP contribution is -2.52. The minimum Gasteiger partial charge on any atom is -0.480 e. The number of aromatic nitrogens is 2. The topological polar surface area (TPSA) is 95.4 Å². The van der Waals surface area contributed by atoms with Gasteiger partial charge < -0.3 is 10.0 Å². The summed E-state index contributed by atoms with van der Waals surface area (Å²) in [6, 6.07) is -0.527. The Morgan fingerprint density at radius 2 is 2.06 bits per heavy atom. The predicted molar refractivity (Wildman–Crippen MR) is 67.8 cm³/mol. The predicted octanol–water partition coefficient (Wildman–Crippen LogP) is 1.43. The van der Waals surface area contributed by atoms with E-state index in [-0.39, 0.29) is 0 Å². The summed E-state index contributed by atoms with van der Waals surface area (Å²) in [6.07, 6.45) is 0.740. The number of carbonyl (C=O) groups is 2. The molecule has 7 nitrogen and oxygen atoms in total. The van der Waals surface area contributed by atoms with Crippen molar-refractivity contribution in [3.63, 3.8) is 0 Å². The molecule has 1 rings (SSSR count). The number of likely N-dealkylation sites (N-methyl/N-ethyl adjacent to an activating group) is 1. The fraction of sp³-hybridized carbons (Fsp3) is 0.600. The maximum Gasteiger partial charge on any atom is 0.329 e. The van der Waals surface area contributed by atoms with E-state index in [9.17, 15) is 9.59 Å². The fourth-order valence-corrected chi connectivity index (χ4v) is 1.69. The molecular weight excluding hydrogens is 256 g/mol. The van der Waals surface area contributed by atoms with Crippen molar-refractivity contribution in [3.05, 3.63) is 5.01 Å². The van der Waals surface area contributed by atoms with Gasteiger partial charge in [0.2, 0.25) is 5.13 Å². The van der Waals surface area contributed by atoms with E-state index in [2.05, 4.69) is 15.5 Å². The molecule has 0 unspecified atom stereocenters. The number of nitrogens with one attached hydrogen (secondary N) is 1. The van der Waals surface area contributed by atoms with E-state index >= 15 is 0 Å². The van der Waals surface area contributed by atoms with Gasteiger partial charge in [0.1, 0.15) is 10.5 Å². The second-order valence-corrected chi connectivity index (χ2v) is 5.27. The van der Waals surface area contributed by atoms with Crippen LogP contribution >= 0.6 is 11.3 Å². The molecular formula is C10H16N4O3S. The van der Waals surface area contributed by atoms with Crippen molar-refractivity contribution in [3.8, 4) is 0 Å². The molecule has 2 amide bonds. The molecule has 100 valence electrons. The van der Waals surface area contributed by atoms with Crippen molar-refractivity contribution in [2.45, 2.75) is 32.7 Å². The monoisotopic (exact) mass is 272 g/mol. The minimum absolute atomic E-state index is 0.366. The Hall–Kier alpha value is -1.70. The summed E-state index contributed by atoms with van der Waals surface area (Å²) < 4.78 is 0. The first-order chi connectivity index (χ1) is 8.28. The second-order valence-electron chi connectivity index (χ2n) is 4.21. The SMILES string of the molecule is CCc1nnc(NC(=O)N(C)C(C)(C)C(=O)O)s1. The molecule has 18 heavy (non-hydrogen) atoms. The number of carbonyl (C=O) groups excluding carboxylic acids is 1. The van der Waals surface area contributed by atoms with Gasteiger partial charge in [-0.1, -0.05) is 18.3 Å². The first kappa shape index (κ1) is 14.4. The first-order valence-electron chi connectivity index (χ1n) is 5.39. The third-order valence-electron chi connectivity index (χ3n) is 2.65. The number of hydrogen-bond donors (Lipinski definition) is 2. The van der Waals surface area contributed by atoms with Crippen molar-refractivity contribution in [2.24, 2.45) is 0 Å². The first-order valence-corrected chi connectivity index (χ1v) is 6.21. The van der Waals surface area contributed by atoms with Gasteiger partial charge in [0.05, 0.1) is 0 Å². The fourth-order valence-electron chi connectivity index (χ4n) is 1.02. The Morgan fingerprint density at radius 1 is 1.44 bits per heavy atom. The van der Waals surface area contributed by atoms with E-state index in [1.54, 1.807) is 0 Å². The van der Waals surface area contributed by atoms with Crippen LogP contribution in [0, 0.1) is 0 Å². The minimum atomic E-state index is -1.29. The Labute approximate surface area is 109 Å². The molecule has 8 heteroatoms. The second kappa shape index (κ2) is 5.30. The summed E-state index contributed by atoms with van der Waals surface area (Å²) in [4.78, 5) is 24.0. The lowest BCUT2D eigenvalue weighted by atomic mass is 10.1. The van der Waals surface area contributed by atoms with Crippen molar-refractivity contribution in [1.82, 2.24) is 15.1 Å². The number of aryl methyl sites for hydroxylation is 1. The molecule has 1 aromatic heterocycles. The number of hydrogen-bond acceptors (Lipinski definition) is 5. The lowest BCUT2D eigenvalue weighted by molar-refractivity contribution is -0.146. The Bertz CT molecular complexity index is 458. The van der Waals surface area contributed by atoms with Crippen LogP contribution in [0.4, 0.5) is 9.93 Å². The van der Waals surface area contributed by atoms with Gasteiger partial charge in [0.25, 0.3) is 0 Å². The number of carboxylic acid groups (broad SMARTS) is 1. The zero-order valence-electron chi connectivity index (χ0n) is 10.7. The molecule has 0 aromatic carbocycles. The summed E-state index contributed by atoms with van der Waals surface area (Å²) in [7, 11) is 1.42. The van der Waals surface area contributed by atoms with Crippen LogP contribution in [-0.4, -0.2) is 44.8 Å². The van der Waals surface area contributed by atoms with Gasteiger partial charge >= 0.3 is 12.0 Å². The standard InChI is InChI=1S/C10H16N4O3S/c1-5-6-12-13-8(18-6)11-9(17)14(4)10(2,3)7(15)16/h5H2,1-4H3,(H,15,16)(H,11,13,17). The van der Waals surface area contributed by atoms with Crippen molar-refractivity contribution in [2.75, 3.05) is 12.4 Å². The maximum atomic E-state index is 11.9. The normalized spacial score (nSPS) is 11.1. The maximum absolute atomic E-state index is 11.9. The molecule has 0 aliphatic heterocycles. The number of nitrogens with zero attached hydrogens (tertiary/aromatic N) is 3. The summed E-state index contributed by atoms with van der Waals surface area (Å²) in [5.74, 6) is -1.08. The molecule has 0 radical (unpaired) electrons. The summed E-state index contributed by atoms with van der Waals surface area (Å²) in [5.41, 5.74) is -1.29. The van der Waals surface area contributed by atoms with Gasteiger partial charge in [-0.15, -0.1) is 10.2 Å². The molecule has 0 aliphatic rings. The highest BCUT2D eigenvalue weighted by atomic mass is 32.1. The zero-order chi connectivity index (χ0) is 13.9. The van der Waals surface area contributed by atoms with E-state index in [0.29, 0.717) is 5.13 Å². The van der Waals surface area contributed by atoms with E-state index < -0.39 is 17.5 Å². The van der Waals surface area contributed by atoms with Crippen LogP contribution in [-0.2, 0) is 11.2 Å². The van der Waals surface area contributed by atoms with Crippen LogP contribution in [0.15, 0.2) is 0 Å². The number of aliphatic carboxylic acids is 1. The van der Waals surface area contributed by atoms with Gasteiger partial charge in [-0.05, 0) is 20.3 Å². The van der Waals surface area contributed by atoms with Crippen molar-refractivity contribution < 1.29 is 14.7 Å².